The van der Waals surface area contributed by atoms with Gasteiger partial charge in [-0.1, -0.05) is 11.6 Å². The number of aromatic nitrogens is 1. The molecule has 2 aromatic rings. The number of benzene rings is 1. The Morgan fingerprint density at radius 3 is 2.86 bits per heavy atom. The molecule has 0 radical (unpaired) electrons. The fourth-order valence-electron chi connectivity index (χ4n) is 1.56. The molecule has 0 aliphatic carbocycles. The SMILES string of the molecule is C[C@H](Sc1cccc[n+]1[O-])C(=O)Nc1ccc(F)cc1Cl. The number of nitrogens with one attached hydrogen (secondary N) is 1. The molecule has 1 N–H and O–H groups in total. The van der Waals surface area contributed by atoms with Crippen LogP contribution in [0.2, 0.25) is 5.02 Å². The standard InChI is InChI=1S/C14H12ClFN2O2S/c1-9(21-13-4-2-3-7-18(13)20)14(19)17-12-6-5-10(16)8-11(12)15/h2-9H,1H3,(H,17,19)/t9-/m0/s1. The van der Waals surface area contributed by atoms with E-state index in [1.54, 1.807) is 25.1 Å². The number of amides is 1. The molecule has 110 valence electrons. The van der Waals surface area contributed by atoms with E-state index in [1.807, 2.05) is 0 Å². The quantitative estimate of drug-likeness (QED) is 0.533. The lowest BCUT2D eigenvalue weighted by Gasteiger charge is -2.12. The zero-order valence-electron chi connectivity index (χ0n) is 11.0. The molecule has 4 nitrogen and oxygen atoms in total. The van der Waals surface area contributed by atoms with E-state index < -0.39 is 11.1 Å². The lowest BCUT2D eigenvalue weighted by atomic mass is 10.3. The lowest BCUT2D eigenvalue weighted by Crippen LogP contribution is -2.30. The number of carbonyl (C=O) groups is 1. The second kappa shape index (κ2) is 6.78. The molecule has 0 saturated heterocycles. The summed E-state index contributed by atoms with van der Waals surface area (Å²) in [4.78, 5) is 12.1. The summed E-state index contributed by atoms with van der Waals surface area (Å²) in [6.07, 6.45) is 1.36. The van der Waals surface area contributed by atoms with Gasteiger partial charge < -0.3 is 10.5 Å². The monoisotopic (exact) mass is 326 g/mol. The Kier molecular flexibility index (Phi) is 5.03. The van der Waals surface area contributed by atoms with Crippen molar-refractivity contribution in [2.75, 3.05) is 5.32 Å². The normalized spacial score (nSPS) is 12.0. The summed E-state index contributed by atoms with van der Waals surface area (Å²) in [5, 5.41) is 14.2. The minimum Gasteiger partial charge on any atom is -0.618 e. The first-order valence-electron chi connectivity index (χ1n) is 6.08. The maximum atomic E-state index is 12.9. The summed E-state index contributed by atoms with van der Waals surface area (Å²) < 4.78 is 13.6. The molecule has 0 spiro atoms. The van der Waals surface area contributed by atoms with Crippen LogP contribution in [0.15, 0.2) is 47.6 Å². The highest BCUT2D eigenvalue weighted by molar-refractivity contribution is 8.00. The van der Waals surface area contributed by atoms with Gasteiger partial charge in [-0.25, -0.2) is 4.39 Å². The fraction of sp³-hybridized carbons (Fsp3) is 0.143. The molecular weight excluding hydrogens is 315 g/mol. The van der Waals surface area contributed by atoms with Crippen molar-refractivity contribution in [2.45, 2.75) is 17.2 Å². The van der Waals surface area contributed by atoms with Crippen LogP contribution in [-0.2, 0) is 4.79 Å². The van der Waals surface area contributed by atoms with Crippen LogP contribution in [0.1, 0.15) is 6.92 Å². The third-order valence-electron chi connectivity index (χ3n) is 2.64. The van der Waals surface area contributed by atoms with Gasteiger partial charge in [0.25, 0.3) is 5.03 Å². The van der Waals surface area contributed by atoms with Crippen molar-refractivity contribution >= 4 is 35.0 Å². The molecular formula is C14H12ClFN2O2S. The van der Waals surface area contributed by atoms with Gasteiger partial charge >= 0.3 is 0 Å². The van der Waals surface area contributed by atoms with E-state index in [1.165, 1.54) is 18.3 Å². The molecule has 2 rings (SSSR count). The van der Waals surface area contributed by atoms with Crippen molar-refractivity contribution in [2.24, 2.45) is 0 Å². The molecule has 0 saturated carbocycles. The summed E-state index contributed by atoms with van der Waals surface area (Å²) in [6.45, 7) is 1.67. The number of nitrogens with zero attached hydrogens (tertiary/aromatic N) is 1. The van der Waals surface area contributed by atoms with E-state index in [9.17, 15) is 14.4 Å². The smallest absolute Gasteiger partial charge is 0.252 e. The van der Waals surface area contributed by atoms with E-state index in [0.29, 0.717) is 15.4 Å². The summed E-state index contributed by atoms with van der Waals surface area (Å²) in [7, 11) is 0. The summed E-state index contributed by atoms with van der Waals surface area (Å²) >= 11 is 6.98. The lowest BCUT2D eigenvalue weighted by molar-refractivity contribution is -0.645. The Labute approximate surface area is 130 Å². The fourth-order valence-corrected chi connectivity index (χ4v) is 2.63. The van der Waals surface area contributed by atoms with Crippen molar-refractivity contribution in [1.82, 2.24) is 0 Å². The zero-order valence-corrected chi connectivity index (χ0v) is 12.6. The molecule has 21 heavy (non-hydrogen) atoms. The summed E-state index contributed by atoms with van der Waals surface area (Å²) in [6, 6.07) is 8.69. The van der Waals surface area contributed by atoms with Gasteiger partial charge in [-0.05, 0) is 43.0 Å². The molecule has 1 heterocycles. The average molecular weight is 327 g/mol. The summed E-state index contributed by atoms with van der Waals surface area (Å²) in [5.74, 6) is -0.797. The van der Waals surface area contributed by atoms with E-state index in [2.05, 4.69) is 5.32 Å². The molecule has 0 unspecified atom stereocenters. The predicted molar refractivity (Wildman–Crippen MR) is 80.8 cm³/mol. The first-order chi connectivity index (χ1) is 9.97. The third-order valence-corrected chi connectivity index (χ3v) is 4.08. The molecule has 0 aliphatic rings. The highest BCUT2D eigenvalue weighted by Crippen LogP contribution is 2.25. The Morgan fingerprint density at radius 2 is 2.19 bits per heavy atom. The van der Waals surface area contributed by atoms with E-state index in [4.69, 9.17) is 11.6 Å². The van der Waals surface area contributed by atoms with E-state index in [-0.39, 0.29) is 10.9 Å². The first kappa shape index (κ1) is 15.6. The first-order valence-corrected chi connectivity index (χ1v) is 7.34. The molecule has 0 aliphatic heterocycles. The van der Waals surface area contributed by atoms with Crippen LogP contribution in [-0.4, -0.2) is 11.2 Å². The number of anilines is 1. The van der Waals surface area contributed by atoms with Crippen LogP contribution >= 0.6 is 23.4 Å². The van der Waals surface area contributed by atoms with Crippen molar-refractivity contribution in [1.29, 1.82) is 0 Å². The van der Waals surface area contributed by atoms with Gasteiger partial charge in [-0.2, -0.15) is 4.73 Å². The van der Waals surface area contributed by atoms with Gasteiger partial charge in [0.15, 0.2) is 6.20 Å². The van der Waals surface area contributed by atoms with Crippen molar-refractivity contribution < 1.29 is 13.9 Å². The van der Waals surface area contributed by atoms with Crippen LogP contribution in [0.4, 0.5) is 10.1 Å². The minimum absolute atomic E-state index is 0.124. The topological polar surface area (TPSA) is 56.0 Å². The number of rotatable bonds is 4. The highest BCUT2D eigenvalue weighted by atomic mass is 35.5. The number of halogens is 2. The molecule has 1 aromatic heterocycles. The molecule has 0 bridgehead atoms. The predicted octanol–water partition coefficient (Wildman–Crippen LogP) is 3.23. The maximum absolute atomic E-state index is 12.9. The maximum Gasteiger partial charge on any atom is 0.252 e. The summed E-state index contributed by atoms with van der Waals surface area (Å²) in [5.41, 5.74) is 0.332. The number of thioether (sulfide) groups is 1. The molecule has 1 atom stereocenters. The van der Waals surface area contributed by atoms with Gasteiger partial charge in [-0.15, -0.1) is 0 Å². The van der Waals surface area contributed by atoms with Gasteiger partial charge in [-0.3, -0.25) is 4.79 Å². The van der Waals surface area contributed by atoms with Gasteiger partial charge in [0.2, 0.25) is 5.91 Å². The number of pyridine rings is 1. The highest BCUT2D eigenvalue weighted by Gasteiger charge is 2.19. The second-order valence-electron chi connectivity index (χ2n) is 4.24. The molecule has 0 fully saturated rings. The van der Waals surface area contributed by atoms with Crippen molar-refractivity contribution in [3.05, 3.63) is 58.6 Å². The van der Waals surface area contributed by atoms with Crippen LogP contribution < -0.4 is 10.0 Å². The van der Waals surface area contributed by atoms with Crippen LogP contribution in [0.5, 0.6) is 0 Å². The van der Waals surface area contributed by atoms with Crippen LogP contribution in [0.3, 0.4) is 0 Å². The van der Waals surface area contributed by atoms with Crippen molar-refractivity contribution in [3.63, 3.8) is 0 Å². The number of hydrogen-bond acceptors (Lipinski definition) is 3. The van der Waals surface area contributed by atoms with E-state index in [0.717, 1.165) is 17.8 Å². The van der Waals surface area contributed by atoms with Crippen LogP contribution in [0.25, 0.3) is 0 Å². The average Bonchev–Trinajstić information content (AvgIpc) is 2.44. The molecule has 7 heteroatoms. The number of carbonyl (C=O) groups excluding carboxylic acids is 1. The van der Waals surface area contributed by atoms with Gasteiger partial charge in [0, 0.05) is 12.1 Å². The van der Waals surface area contributed by atoms with Gasteiger partial charge in [0.1, 0.15) is 5.82 Å². The zero-order chi connectivity index (χ0) is 15.4. The Bertz CT molecular complexity index is 669. The van der Waals surface area contributed by atoms with Crippen LogP contribution in [0, 0.1) is 11.0 Å². The minimum atomic E-state index is -0.506. The second-order valence-corrected chi connectivity index (χ2v) is 6.01. The Hall–Kier alpha value is -1.79. The van der Waals surface area contributed by atoms with Gasteiger partial charge in [0.05, 0.1) is 16.0 Å². The Morgan fingerprint density at radius 1 is 1.43 bits per heavy atom. The van der Waals surface area contributed by atoms with E-state index >= 15 is 0 Å². The third kappa shape index (κ3) is 4.09. The number of hydrogen-bond donors (Lipinski definition) is 1. The Balaban J connectivity index is 2.04. The molecule has 1 amide bonds. The largest absolute Gasteiger partial charge is 0.618 e. The van der Waals surface area contributed by atoms with Crippen molar-refractivity contribution in [3.8, 4) is 0 Å². The molecule has 1 aromatic carbocycles.